The molecule has 4 rings (SSSR count). The van der Waals surface area contributed by atoms with Crippen molar-refractivity contribution < 1.29 is 13.8 Å². The van der Waals surface area contributed by atoms with Gasteiger partial charge in [-0.05, 0) is 60.0 Å². The van der Waals surface area contributed by atoms with Gasteiger partial charge in [0.25, 0.3) is 0 Å². The monoisotopic (exact) mass is 575 g/mol. The maximum Gasteiger partial charge on any atom is 0.250 e. The molecule has 0 aliphatic carbocycles. The highest BCUT2D eigenvalue weighted by Crippen LogP contribution is 2.33. The zero-order chi connectivity index (χ0) is 29.5. The lowest BCUT2D eigenvalue weighted by atomic mass is 9.97. The minimum Gasteiger partial charge on any atom is -0.387 e. The van der Waals surface area contributed by atoms with Crippen LogP contribution in [-0.2, 0) is 15.8 Å². The Bertz CT molecular complexity index is 1390. The largest absolute Gasteiger partial charge is 0.387 e. The van der Waals surface area contributed by atoms with Crippen LogP contribution in [0.4, 0.5) is 5.69 Å². The normalized spacial score (nSPS) is 16.3. The van der Waals surface area contributed by atoms with Crippen LogP contribution in [0.1, 0.15) is 54.6 Å². The van der Waals surface area contributed by atoms with Crippen LogP contribution < -0.4 is 5.73 Å². The van der Waals surface area contributed by atoms with E-state index in [1.54, 1.807) is 6.26 Å². The predicted octanol–water partition coefficient (Wildman–Crippen LogP) is 4.72. The quantitative estimate of drug-likeness (QED) is 0.370. The molecule has 1 unspecified atom stereocenters. The van der Waals surface area contributed by atoms with Gasteiger partial charge in [0.1, 0.15) is 5.84 Å². The summed E-state index contributed by atoms with van der Waals surface area (Å²) in [5.41, 5.74) is 11.9. The molecule has 2 heterocycles. The SMILES string of the molecule is CCCN(CCC)C(=O)C1=Cc2ccc(-c3ccc(C=O)c(/C=C\N(C)CC4CN(S(C)=O)C4)c3)cc2N=C(N)C1. The van der Waals surface area contributed by atoms with E-state index in [1.807, 2.05) is 71.0 Å². The van der Waals surface area contributed by atoms with Crippen molar-refractivity contribution in [1.82, 2.24) is 14.1 Å². The summed E-state index contributed by atoms with van der Waals surface area (Å²) in [7, 11) is 1.10. The topological polar surface area (TPSA) is 99.3 Å². The number of carbonyl (C=O) groups is 2. The highest BCUT2D eigenvalue weighted by Gasteiger charge is 2.29. The minimum atomic E-state index is -0.907. The zero-order valence-corrected chi connectivity index (χ0v) is 25.3. The van der Waals surface area contributed by atoms with E-state index in [-0.39, 0.29) is 5.91 Å². The van der Waals surface area contributed by atoms with Gasteiger partial charge in [-0.1, -0.05) is 38.1 Å². The van der Waals surface area contributed by atoms with Gasteiger partial charge in [0, 0.05) is 75.1 Å². The van der Waals surface area contributed by atoms with E-state index < -0.39 is 11.0 Å². The van der Waals surface area contributed by atoms with Crippen molar-refractivity contribution in [3.63, 3.8) is 0 Å². The Kier molecular flexibility index (Phi) is 10.3. The van der Waals surface area contributed by atoms with Crippen LogP contribution in [0, 0.1) is 5.92 Å². The summed E-state index contributed by atoms with van der Waals surface area (Å²) in [4.78, 5) is 33.7. The highest BCUT2D eigenvalue weighted by molar-refractivity contribution is 7.81. The predicted molar refractivity (Wildman–Crippen MR) is 169 cm³/mol. The molecule has 1 atom stereocenters. The lowest BCUT2D eigenvalue weighted by Gasteiger charge is -2.38. The first kappa shape index (κ1) is 30.4. The first-order valence-corrected chi connectivity index (χ1v) is 15.8. The standard InChI is InChI=1S/C32H41N5O3S/c1-5-12-36(13-6-2)32(39)29-16-27-9-7-25(17-30(27)34-31(33)18-29)24-8-10-28(22-38)26(15-24)11-14-35(3)19-23-20-37(21-23)41(4)40/h7-11,14-17,22-23H,5-6,12-13,18-21H2,1-4H3,(H2,33,34)/b14-11-. The van der Waals surface area contributed by atoms with Crippen molar-refractivity contribution in [2.24, 2.45) is 16.6 Å². The van der Waals surface area contributed by atoms with Gasteiger partial charge in [-0.3, -0.25) is 9.59 Å². The van der Waals surface area contributed by atoms with E-state index in [0.29, 0.717) is 29.3 Å². The Morgan fingerprint density at radius 2 is 1.78 bits per heavy atom. The molecular weight excluding hydrogens is 534 g/mol. The van der Waals surface area contributed by atoms with E-state index in [4.69, 9.17) is 5.73 Å². The summed E-state index contributed by atoms with van der Waals surface area (Å²) in [6.45, 7) is 8.12. The van der Waals surface area contributed by atoms with Gasteiger partial charge in [-0.15, -0.1) is 0 Å². The van der Waals surface area contributed by atoms with E-state index in [9.17, 15) is 13.8 Å². The average molecular weight is 576 g/mol. The van der Waals surface area contributed by atoms with E-state index in [1.165, 1.54) is 0 Å². The maximum absolute atomic E-state index is 13.3. The third kappa shape index (κ3) is 7.59. The van der Waals surface area contributed by atoms with E-state index in [0.717, 1.165) is 79.8 Å². The Hall–Kier alpha value is -3.56. The lowest BCUT2D eigenvalue weighted by Crippen LogP contribution is -2.50. The second kappa shape index (κ2) is 13.9. The van der Waals surface area contributed by atoms with Crippen LogP contribution in [0.3, 0.4) is 0 Å². The van der Waals surface area contributed by atoms with Crippen LogP contribution >= 0.6 is 0 Å². The van der Waals surface area contributed by atoms with Crippen LogP contribution in [0.15, 0.2) is 53.2 Å². The third-order valence-corrected chi connectivity index (χ3v) is 8.46. The molecule has 1 saturated heterocycles. The van der Waals surface area contributed by atoms with Crippen LogP contribution in [-0.4, -0.2) is 82.4 Å². The number of amides is 1. The molecule has 41 heavy (non-hydrogen) atoms. The van der Waals surface area contributed by atoms with Gasteiger partial charge in [-0.25, -0.2) is 13.5 Å². The summed E-state index contributed by atoms with van der Waals surface area (Å²) in [5.74, 6) is 0.907. The second-order valence-corrected chi connectivity index (χ2v) is 12.2. The van der Waals surface area contributed by atoms with Crippen molar-refractivity contribution in [3.05, 3.63) is 64.9 Å². The molecule has 2 aromatic rings. The summed E-state index contributed by atoms with van der Waals surface area (Å²) < 4.78 is 13.5. The summed E-state index contributed by atoms with van der Waals surface area (Å²) in [5, 5.41) is 0. The molecule has 1 fully saturated rings. The number of hydrogen-bond donors (Lipinski definition) is 1. The van der Waals surface area contributed by atoms with Crippen LogP contribution in [0.25, 0.3) is 23.3 Å². The zero-order valence-electron chi connectivity index (χ0n) is 24.5. The van der Waals surface area contributed by atoms with Crippen molar-refractivity contribution >= 4 is 46.9 Å². The second-order valence-electron chi connectivity index (χ2n) is 10.9. The van der Waals surface area contributed by atoms with Crippen molar-refractivity contribution in [1.29, 1.82) is 0 Å². The van der Waals surface area contributed by atoms with Gasteiger partial charge in [0.05, 0.1) is 16.7 Å². The van der Waals surface area contributed by atoms with E-state index >= 15 is 0 Å². The molecule has 2 aromatic carbocycles. The fourth-order valence-corrected chi connectivity index (χ4v) is 6.14. The number of hydrogen-bond acceptors (Lipinski definition) is 6. The van der Waals surface area contributed by atoms with Crippen molar-refractivity contribution in [2.45, 2.75) is 33.1 Å². The molecule has 218 valence electrons. The van der Waals surface area contributed by atoms with Gasteiger partial charge in [0.15, 0.2) is 6.29 Å². The number of nitrogens with zero attached hydrogens (tertiary/aromatic N) is 4. The smallest absolute Gasteiger partial charge is 0.250 e. The van der Waals surface area contributed by atoms with Gasteiger partial charge >= 0.3 is 0 Å². The van der Waals surface area contributed by atoms with E-state index in [2.05, 4.69) is 23.7 Å². The Balaban J connectivity index is 1.55. The molecule has 0 bridgehead atoms. The molecule has 9 heteroatoms. The van der Waals surface area contributed by atoms with Gasteiger partial charge in [0.2, 0.25) is 5.91 Å². The minimum absolute atomic E-state index is 0.0181. The number of benzene rings is 2. The molecule has 0 radical (unpaired) electrons. The third-order valence-electron chi connectivity index (χ3n) is 7.43. The summed E-state index contributed by atoms with van der Waals surface area (Å²) >= 11 is 0. The van der Waals surface area contributed by atoms with Crippen LogP contribution in [0.5, 0.6) is 0 Å². The molecule has 2 aliphatic heterocycles. The number of carbonyl (C=O) groups excluding carboxylic acids is 2. The fourth-order valence-electron chi connectivity index (χ4n) is 5.29. The first-order valence-electron chi connectivity index (χ1n) is 14.3. The Morgan fingerprint density at radius 3 is 2.44 bits per heavy atom. The summed E-state index contributed by atoms with van der Waals surface area (Å²) in [6.07, 6.45) is 10.6. The molecule has 8 nitrogen and oxygen atoms in total. The van der Waals surface area contributed by atoms with Gasteiger partial charge < -0.3 is 15.5 Å². The Labute approximate surface area is 246 Å². The first-order chi connectivity index (χ1) is 19.7. The number of amidine groups is 1. The summed E-state index contributed by atoms with van der Waals surface area (Å²) in [6, 6.07) is 11.7. The molecule has 0 saturated carbocycles. The average Bonchev–Trinajstić information content (AvgIpc) is 3.10. The highest BCUT2D eigenvalue weighted by atomic mass is 32.2. The molecule has 0 aromatic heterocycles. The number of aliphatic imine (C=N–C) groups is 1. The van der Waals surface area contributed by atoms with Crippen LogP contribution in [0.2, 0.25) is 0 Å². The number of fused-ring (bicyclic) bond motifs is 1. The Morgan fingerprint density at radius 1 is 1.10 bits per heavy atom. The van der Waals surface area contributed by atoms with Crippen molar-refractivity contribution in [2.75, 3.05) is 46.0 Å². The molecular formula is C32H41N5O3S. The lowest BCUT2D eigenvalue weighted by molar-refractivity contribution is -0.127. The molecule has 0 spiro atoms. The number of aldehydes is 1. The molecule has 1 amide bonds. The van der Waals surface area contributed by atoms with Gasteiger partial charge in [-0.2, -0.15) is 0 Å². The van der Waals surface area contributed by atoms with Crippen molar-refractivity contribution in [3.8, 4) is 11.1 Å². The maximum atomic E-state index is 13.3. The molecule has 2 aliphatic rings. The fraction of sp³-hybridized carbons (Fsp3) is 0.406. The number of nitrogens with two attached hydrogens (primary N) is 1. The molecule has 2 N–H and O–H groups in total. The number of rotatable bonds is 12.